The number of nitrogens with zero attached hydrogens (tertiary/aromatic N) is 1. The van der Waals surface area contributed by atoms with E-state index in [1.807, 2.05) is 26.0 Å². The van der Waals surface area contributed by atoms with Crippen molar-refractivity contribution in [2.45, 2.75) is 25.9 Å². The van der Waals surface area contributed by atoms with Gasteiger partial charge in [0.25, 0.3) is 0 Å². The van der Waals surface area contributed by atoms with Gasteiger partial charge in [-0.05, 0) is 26.0 Å². The third kappa shape index (κ3) is 3.00. The minimum atomic E-state index is -0.129. The van der Waals surface area contributed by atoms with Crippen LogP contribution in [0.4, 0.5) is 0 Å². The zero-order chi connectivity index (χ0) is 9.84. The van der Waals surface area contributed by atoms with E-state index >= 15 is 0 Å². The third-order valence-electron chi connectivity index (χ3n) is 1.71. The molecule has 0 aromatic carbocycles. The summed E-state index contributed by atoms with van der Waals surface area (Å²) in [6, 6.07) is 6.04. The summed E-state index contributed by atoms with van der Waals surface area (Å²) in [5.74, 6) is 0. The summed E-state index contributed by atoms with van der Waals surface area (Å²) < 4.78 is 0.785. The molecule has 0 bridgehead atoms. The van der Waals surface area contributed by atoms with Crippen LogP contribution in [-0.2, 0) is 0 Å². The van der Waals surface area contributed by atoms with Crippen LogP contribution in [0.5, 0.6) is 0 Å². The summed E-state index contributed by atoms with van der Waals surface area (Å²) in [7, 11) is 0. The molecule has 1 aromatic heterocycles. The molecule has 13 heavy (non-hydrogen) atoms. The fourth-order valence-electron chi connectivity index (χ4n) is 1.06. The number of hydrogen-bond donors (Lipinski definition) is 1. The van der Waals surface area contributed by atoms with Crippen molar-refractivity contribution < 1.29 is 0 Å². The summed E-state index contributed by atoms with van der Waals surface area (Å²) in [5.41, 5.74) is 0. The molecule has 70 valence electrons. The largest absolute Gasteiger partial charge is 0.295 e. The first kappa shape index (κ1) is 10.5. The molecule has 1 heterocycles. The Hall–Kier alpha value is -0.560. The lowest BCUT2D eigenvalue weighted by Crippen LogP contribution is -2.26. The van der Waals surface area contributed by atoms with E-state index in [-0.39, 0.29) is 12.1 Å². The van der Waals surface area contributed by atoms with Gasteiger partial charge in [0, 0.05) is 10.9 Å². The van der Waals surface area contributed by atoms with Crippen molar-refractivity contribution in [3.8, 4) is 6.07 Å². The van der Waals surface area contributed by atoms with Gasteiger partial charge in [0.15, 0.2) is 0 Å². The monoisotopic (exact) mass is 214 g/mol. The lowest BCUT2D eigenvalue weighted by molar-refractivity contribution is 0.550. The van der Waals surface area contributed by atoms with Gasteiger partial charge in [0.05, 0.1) is 16.4 Å². The van der Waals surface area contributed by atoms with E-state index < -0.39 is 0 Å². The summed E-state index contributed by atoms with van der Waals surface area (Å²) in [6.45, 7) is 3.86. The normalized spacial score (nSPS) is 14.9. The van der Waals surface area contributed by atoms with E-state index in [9.17, 15) is 0 Å². The average molecular weight is 215 g/mol. The number of hydrogen-bond acceptors (Lipinski definition) is 3. The smallest absolute Gasteiger partial charge is 0.0931 e. The van der Waals surface area contributed by atoms with Crippen molar-refractivity contribution >= 4 is 22.9 Å². The Morgan fingerprint density at radius 3 is 2.69 bits per heavy atom. The van der Waals surface area contributed by atoms with Crippen LogP contribution >= 0.6 is 22.9 Å². The highest BCUT2D eigenvalue weighted by molar-refractivity contribution is 7.16. The second-order valence-electron chi connectivity index (χ2n) is 2.88. The van der Waals surface area contributed by atoms with E-state index in [1.165, 1.54) is 0 Å². The molecule has 0 aliphatic rings. The lowest BCUT2D eigenvalue weighted by atomic mass is 10.2. The van der Waals surface area contributed by atoms with Crippen molar-refractivity contribution in [3.05, 3.63) is 21.3 Å². The molecule has 0 aliphatic heterocycles. The molecule has 1 rings (SSSR count). The summed E-state index contributed by atoms with van der Waals surface area (Å²) >= 11 is 7.34. The van der Waals surface area contributed by atoms with Crippen molar-refractivity contribution in [1.82, 2.24) is 5.32 Å². The number of thiophene rings is 1. The van der Waals surface area contributed by atoms with Gasteiger partial charge in [-0.3, -0.25) is 5.32 Å². The van der Waals surface area contributed by atoms with Crippen molar-refractivity contribution in [1.29, 1.82) is 5.26 Å². The van der Waals surface area contributed by atoms with Crippen LogP contribution in [0.3, 0.4) is 0 Å². The van der Waals surface area contributed by atoms with E-state index in [0.717, 1.165) is 9.21 Å². The summed E-state index contributed by atoms with van der Waals surface area (Å²) in [6.07, 6.45) is 0. The maximum absolute atomic E-state index is 8.60. The van der Waals surface area contributed by atoms with Crippen molar-refractivity contribution in [2.24, 2.45) is 0 Å². The molecule has 0 radical (unpaired) electrons. The molecule has 0 saturated heterocycles. The Morgan fingerprint density at radius 2 is 2.23 bits per heavy atom. The van der Waals surface area contributed by atoms with Crippen LogP contribution in [0.25, 0.3) is 0 Å². The van der Waals surface area contributed by atoms with Gasteiger partial charge in [-0.2, -0.15) is 5.26 Å². The average Bonchev–Trinajstić information content (AvgIpc) is 2.51. The number of rotatable bonds is 3. The van der Waals surface area contributed by atoms with Crippen LogP contribution in [-0.4, -0.2) is 6.04 Å². The molecule has 0 aliphatic carbocycles. The topological polar surface area (TPSA) is 35.8 Å². The number of nitrogens with one attached hydrogen (secondary N) is 1. The lowest BCUT2D eigenvalue weighted by Gasteiger charge is -2.12. The first-order chi connectivity index (χ1) is 6.13. The molecule has 0 amide bonds. The van der Waals surface area contributed by atoms with E-state index in [4.69, 9.17) is 16.9 Å². The second-order valence-corrected chi connectivity index (χ2v) is 4.63. The van der Waals surface area contributed by atoms with Crippen LogP contribution in [0.2, 0.25) is 4.34 Å². The van der Waals surface area contributed by atoms with Gasteiger partial charge in [0.2, 0.25) is 0 Å². The van der Waals surface area contributed by atoms with Gasteiger partial charge in [0.1, 0.15) is 0 Å². The molecule has 1 aromatic rings. The first-order valence-electron chi connectivity index (χ1n) is 4.04. The van der Waals surface area contributed by atoms with Crippen molar-refractivity contribution in [2.75, 3.05) is 0 Å². The zero-order valence-electron chi connectivity index (χ0n) is 7.54. The van der Waals surface area contributed by atoms with Crippen LogP contribution in [0.1, 0.15) is 24.8 Å². The quantitative estimate of drug-likeness (QED) is 0.840. The van der Waals surface area contributed by atoms with Crippen LogP contribution < -0.4 is 5.32 Å². The Morgan fingerprint density at radius 1 is 1.54 bits per heavy atom. The van der Waals surface area contributed by atoms with Crippen molar-refractivity contribution in [3.63, 3.8) is 0 Å². The van der Waals surface area contributed by atoms with Gasteiger partial charge < -0.3 is 0 Å². The van der Waals surface area contributed by atoms with Gasteiger partial charge in [-0.15, -0.1) is 11.3 Å². The number of halogens is 1. The highest BCUT2D eigenvalue weighted by Gasteiger charge is 2.10. The SMILES string of the molecule is CC(C#N)NC(C)c1ccc(Cl)s1. The summed E-state index contributed by atoms with van der Waals surface area (Å²) in [5, 5.41) is 11.8. The maximum atomic E-state index is 8.60. The van der Waals surface area contributed by atoms with Gasteiger partial charge in [-0.1, -0.05) is 11.6 Å². The Bertz CT molecular complexity index is 316. The Labute approximate surface area is 87.1 Å². The standard InChI is InChI=1S/C9H11ClN2S/c1-6(5-11)12-7(2)8-3-4-9(10)13-8/h3-4,6-7,12H,1-2H3. The second kappa shape index (κ2) is 4.61. The highest BCUT2D eigenvalue weighted by Crippen LogP contribution is 2.26. The van der Waals surface area contributed by atoms with E-state index in [0.29, 0.717) is 0 Å². The minimum absolute atomic E-state index is 0.129. The molecule has 0 saturated carbocycles. The van der Waals surface area contributed by atoms with Crippen LogP contribution in [0.15, 0.2) is 12.1 Å². The highest BCUT2D eigenvalue weighted by atomic mass is 35.5. The zero-order valence-corrected chi connectivity index (χ0v) is 9.12. The van der Waals surface area contributed by atoms with Gasteiger partial charge >= 0.3 is 0 Å². The molecule has 2 nitrogen and oxygen atoms in total. The van der Waals surface area contributed by atoms with Gasteiger partial charge in [-0.25, -0.2) is 0 Å². The Balaban J connectivity index is 2.59. The number of nitriles is 1. The molecule has 2 unspecified atom stereocenters. The molecule has 2 atom stereocenters. The predicted molar refractivity (Wildman–Crippen MR) is 56.0 cm³/mol. The predicted octanol–water partition coefficient (Wildman–Crippen LogP) is 2.96. The molecular weight excluding hydrogens is 204 g/mol. The third-order valence-corrected chi connectivity index (χ3v) is 3.13. The van der Waals surface area contributed by atoms with E-state index in [1.54, 1.807) is 11.3 Å². The van der Waals surface area contributed by atoms with Crippen LogP contribution in [0, 0.1) is 11.3 Å². The first-order valence-corrected chi connectivity index (χ1v) is 5.24. The fraction of sp³-hybridized carbons (Fsp3) is 0.444. The molecule has 4 heteroatoms. The minimum Gasteiger partial charge on any atom is -0.295 e. The fourth-order valence-corrected chi connectivity index (χ4v) is 2.13. The maximum Gasteiger partial charge on any atom is 0.0931 e. The molecule has 1 N–H and O–H groups in total. The van der Waals surface area contributed by atoms with E-state index in [2.05, 4.69) is 11.4 Å². The Kier molecular flexibility index (Phi) is 3.73. The summed E-state index contributed by atoms with van der Waals surface area (Å²) in [4.78, 5) is 1.16. The molecule has 0 spiro atoms. The molecular formula is C9H11ClN2S. The molecule has 0 fully saturated rings.